The summed E-state index contributed by atoms with van der Waals surface area (Å²) in [7, 11) is -4.16. The van der Waals surface area contributed by atoms with Crippen LogP contribution >= 0.6 is 0 Å². The summed E-state index contributed by atoms with van der Waals surface area (Å²) in [4.78, 5) is 22.4. The molecule has 0 heterocycles. The number of benzene rings is 4. The molecule has 0 atom stereocenters. The van der Waals surface area contributed by atoms with Gasteiger partial charge in [0.2, 0.25) is 0 Å². The maximum absolute atomic E-state index is 12.5. The van der Waals surface area contributed by atoms with Gasteiger partial charge in [-0.2, -0.15) is 13.5 Å². The number of hydrazone groups is 1. The van der Waals surface area contributed by atoms with Crippen LogP contribution < -0.4 is 9.61 Å². The lowest BCUT2D eigenvalue weighted by atomic mass is 10.0. The van der Waals surface area contributed by atoms with Gasteiger partial charge in [0.25, 0.3) is 11.6 Å². The Labute approximate surface area is 194 Å². The molecule has 0 spiro atoms. The predicted octanol–water partition coefficient (Wildman–Crippen LogP) is 4.28. The fourth-order valence-corrected chi connectivity index (χ4v) is 4.10. The molecule has 0 aliphatic rings. The highest BCUT2D eigenvalue weighted by atomic mass is 32.2. The van der Waals surface area contributed by atoms with Gasteiger partial charge in [0.15, 0.2) is 0 Å². The van der Waals surface area contributed by atoms with Crippen LogP contribution in [0.3, 0.4) is 0 Å². The van der Waals surface area contributed by atoms with Gasteiger partial charge in [-0.15, -0.1) is 0 Å². The molecular weight excluding hydrogens is 458 g/mol. The Morgan fingerprint density at radius 1 is 0.912 bits per heavy atom. The first-order valence-corrected chi connectivity index (χ1v) is 11.3. The largest absolute Gasteiger partial charge is 0.379 e. The normalized spacial score (nSPS) is 11.4. The zero-order chi connectivity index (χ0) is 24.1. The van der Waals surface area contributed by atoms with E-state index in [-0.39, 0.29) is 22.2 Å². The average Bonchev–Trinajstić information content (AvgIpc) is 2.84. The number of carbonyl (C=O) groups is 1. The number of carbonyl (C=O) groups excluding carboxylic acids is 1. The highest BCUT2D eigenvalue weighted by Crippen LogP contribution is 2.21. The fraction of sp³-hybridized carbons (Fsp3) is 0. The van der Waals surface area contributed by atoms with Gasteiger partial charge in [0.05, 0.1) is 11.1 Å². The van der Waals surface area contributed by atoms with Crippen molar-refractivity contribution in [2.75, 3.05) is 0 Å². The summed E-state index contributed by atoms with van der Waals surface area (Å²) in [5.74, 6) is -0.308. The number of hydrogen-bond acceptors (Lipinski definition) is 7. The summed E-state index contributed by atoms with van der Waals surface area (Å²) < 4.78 is 29.8. The number of hydrogen-bond donors (Lipinski definition) is 1. The fourth-order valence-electron chi connectivity index (χ4n) is 3.17. The summed E-state index contributed by atoms with van der Waals surface area (Å²) in [5, 5.41) is 16.4. The molecule has 4 aromatic rings. The van der Waals surface area contributed by atoms with Crippen molar-refractivity contribution in [3.8, 4) is 5.75 Å². The first-order valence-electron chi connectivity index (χ1n) is 9.94. The van der Waals surface area contributed by atoms with E-state index in [1.54, 1.807) is 24.3 Å². The van der Waals surface area contributed by atoms with E-state index in [2.05, 4.69) is 10.5 Å². The van der Waals surface area contributed by atoms with E-state index in [1.807, 2.05) is 30.3 Å². The predicted molar refractivity (Wildman–Crippen MR) is 126 cm³/mol. The lowest BCUT2D eigenvalue weighted by molar-refractivity contribution is -0.384. The van der Waals surface area contributed by atoms with Crippen molar-refractivity contribution in [3.05, 3.63) is 112 Å². The third-order valence-corrected chi connectivity index (χ3v) is 6.10. The number of nitrogens with zero attached hydrogens (tertiary/aromatic N) is 2. The molecule has 0 fully saturated rings. The average molecular weight is 475 g/mol. The lowest BCUT2D eigenvalue weighted by Crippen LogP contribution is -2.17. The summed E-state index contributed by atoms with van der Waals surface area (Å²) in [5.41, 5.74) is 3.35. The van der Waals surface area contributed by atoms with Crippen molar-refractivity contribution in [2.45, 2.75) is 4.90 Å². The quantitative estimate of drug-likeness (QED) is 0.184. The molecule has 0 radical (unpaired) electrons. The Bertz CT molecular complexity index is 1490. The highest BCUT2D eigenvalue weighted by Gasteiger charge is 2.18. The number of nitro groups is 1. The maximum Gasteiger partial charge on any atom is 0.339 e. The smallest absolute Gasteiger partial charge is 0.339 e. The molecule has 0 aliphatic carbocycles. The number of non-ortho nitro benzene ring substituents is 1. The topological polar surface area (TPSA) is 128 Å². The highest BCUT2D eigenvalue weighted by molar-refractivity contribution is 7.87. The van der Waals surface area contributed by atoms with Crippen LogP contribution in [0.1, 0.15) is 15.9 Å². The van der Waals surface area contributed by atoms with Crippen molar-refractivity contribution in [2.24, 2.45) is 5.10 Å². The third-order valence-electron chi connectivity index (χ3n) is 4.84. The first-order chi connectivity index (χ1) is 16.3. The van der Waals surface area contributed by atoms with Gasteiger partial charge in [0.1, 0.15) is 10.6 Å². The number of rotatable bonds is 7. The van der Waals surface area contributed by atoms with Gasteiger partial charge in [-0.3, -0.25) is 14.9 Å². The summed E-state index contributed by atoms with van der Waals surface area (Å²) in [6.45, 7) is 0. The molecule has 4 rings (SSSR count). The van der Waals surface area contributed by atoms with E-state index < -0.39 is 15.0 Å². The van der Waals surface area contributed by atoms with Crippen LogP contribution in [0.25, 0.3) is 10.8 Å². The second-order valence-corrected chi connectivity index (χ2v) is 8.63. The molecule has 0 aliphatic heterocycles. The third kappa shape index (κ3) is 5.08. The summed E-state index contributed by atoms with van der Waals surface area (Å²) in [6.07, 6.45) is 1.41. The van der Waals surface area contributed by atoms with Crippen LogP contribution in [0.4, 0.5) is 5.69 Å². The van der Waals surface area contributed by atoms with Gasteiger partial charge in [-0.1, -0.05) is 36.4 Å². The number of amides is 1. The Hall–Kier alpha value is -4.57. The molecule has 170 valence electrons. The minimum absolute atomic E-state index is 0.0512. The zero-order valence-electron chi connectivity index (χ0n) is 17.5. The standard InChI is InChI=1S/C24H17N3O6S/c28-24(23-7-3-5-18-4-1-2-6-22(18)23)26-25-16-17-8-12-20(13-9-17)33-34(31,32)21-14-10-19(11-15-21)27(29)30/h1-16H,(H,26,28)/b25-16+. The molecule has 4 aromatic carbocycles. The van der Waals surface area contributed by atoms with E-state index in [0.29, 0.717) is 11.1 Å². The van der Waals surface area contributed by atoms with Crippen molar-refractivity contribution >= 4 is 38.7 Å². The Morgan fingerprint density at radius 3 is 2.29 bits per heavy atom. The van der Waals surface area contributed by atoms with E-state index in [9.17, 15) is 23.3 Å². The van der Waals surface area contributed by atoms with E-state index >= 15 is 0 Å². The molecule has 0 unspecified atom stereocenters. The molecule has 34 heavy (non-hydrogen) atoms. The monoisotopic (exact) mass is 475 g/mol. The van der Waals surface area contributed by atoms with Crippen molar-refractivity contribution in [1.82, 2.24) is 5.43 Å². The van der Waals surface area contributed by atoms with Crippen molar-refractivity contribution in [1.29, 1.82) is 0 Å². The minimum Gasteiger partial charge on any atom is -0.379 e. The van der Waals surface area contributed by atoms with Crippen LogP contribution in [0.2, 0.25) is 0 Å². The van der Waals surface area contributed by atoms with Gasteiger partial charge in [-0.25, -0.2) is 5.43 Å². The molecule has 0 bridgehead atoms. The van der Waals surface area contributed by atoms with Crippen LogP contribution in [0.15, 0.2) is 101 Å². The Morgan fingerprint density at radius 2 is 1.59 bits per heavy atom. The molecule has 1 N–H and O–H groups in total. The molecule has 9 nitrogen and oxygen atoms in total. The van der Waals surface area contributed by atoms with Crippen molar-refractivity contribution in [3.63, 3.8) is 0 Å². The van der Waals surface area contributed by atoms with E-state index in [0.717, 1.165) is 35.0 Å². The molecule has 10 heteroatoms. The van der Waals surface area contributed by atoms with Crippen LogP contribution in [0, 0.1) is 10.1 Å². The lowest BCUT2D eigenvalue weighted by Gasteiger charge is -2.07. The second-order valence-electron chi connectivity index (χ2n) is 7.08. The van der Waals surface area contributed by atoms with Crippen LogP contribution in [0.5, 0.6) is 5.75 Å². The van der Waals surface area contributed by atoms with E-state index in [4.69, 9.17) is 4.18 Å². The number of fused-ring (bicyclic) bond motifs is 1. The number of nitro benzene ring substituents is 1. The first kappa shape index (κ1) is 22.6. The summed E-state index contributed by atoms with van der Waals surface area (Å²) in [6, 6.07) is 23.3. The number of nitrogens with one attached hydrogen (secondary N) is 1. The SMILES string of the molecule is O=C(N/N=C/c1ccc(OS(=O)(=O)c2ccc([N+](=O)[O-])cc2)cc1)c1cccc2ccccc12. The van der Waals surface area contributed by atoms with Gasteiger partial charge < -0.3 is 4.18 Å². The molecule has 0 saturated heterocycles. The van der Waals surface area contributed by atoms with Gasteiger partial charge in [-0.05, 0) is 58.8 Å². The molecular formula is C24H17N3O6S. The van der Waals surface area contributed by atoms with E-state index in [1.165, 1.54) is 18.3 Å². The van der Waals surface area contributed by atoms with Crippen molar-refractivity contribution < 1.29 is 22.3 Å². The van der Waals surface area contributed by atoms with Crippen LogP contribution in [-0.4, -0.2) is 25.5 Å². The maximum atomic E-state index is 12.5. The Balaban J connectivity index is 1.40. The molecule has 0 aromatic heterocycles. The van der Waals surface area contributed by atoms with Crippen LogP contribution in [-0.2, 0) is 10.1 Å². The molecule has 0 saturated carbocycles. The molecule has 1 amide bonds. The second kappa shape index (κ2) is 9.51. The Kier molecular flexibility index (Phi) is 6.33. The van der Waals surface area contributed by atoms with Gasteiger partial charge >= 0.3 is 10.1 Å². The van der Waals surface area contributed by atoms with Gasteiger partial charge in [0, 0.05) is 17.7 Å². The zero-order valence-corrected chi connectivity index (χ0v) is 18.3. The minimum atomic E-state index is -4.16. The summed E-state index contributed by atoms with van der Waals surface area (Å²) >= 11 is 0.